The summed E-state index contributed by atoms with van der Waals surface area (Å²) in [7, 11) is 3.29. The molecule has 0 bridgehead atoms. The summed E-state index contributed by atoms with van der Waals surface area (Å²) in [6.07, 6.45) is 4.66. The smallest absolute Gasteiger partial charge is 0.226 e. The van der Waals surface area contributed by atoms with Crippen molar-refractivity contribution < 1.29 is 14.3 Å². The lowest BCUT2D eigenvalue weighted by Gasteiger charge is -2.17. The Bertz CT molecular complexity index is 1070. The molecule has 31 heavy (non-hydrogen) atoms. The van der Waals surface area contributed by atoms with Crippen LogP contribution >= 0.6 is 11.6 Å². The lowest BCUT2D eigenvalue weighted by molar-refractivity contribution is -0.118. The molecule has 0 aliphatic rings. The maximum absolute atomic E-state index is 12.5. The second-order valence-corrected chi connectivity index (χ2v) is 7.44. The van der Waals surface area contributed by atoms with Crippen LogP contribution in [0.4, 0.5) is 5.69 Å². The first-order valence-electron chi connectivity index (χ1n) is 9.97. The molecule has 0 atom stereocenters. The van der Waals surface area contributed by atoms with E-state index in [0.29, 0.717) is 41.4 Å². The van der Waals surface area contributed by atoms with Gasteiger partial charge in [-0.05, 0) is 42.3 Å². The van der Waals surface area contributed by atoms with Gasteiger partial charge in [-0.1, -0.05) is 24.6 Å². The van der Waals surface area contributed by atoms with E-state index in [-0.39, 0.29) is 11.7 Å². The zero-order valence-electron chi connectivity index (χ0n) is 17.8. The van der Waals surface area contributed by atoms with Gasteiger partial charge in [0.2, 0.25) is 11.8 Å². The van der Waals surface area contributed by atoms with Crippen molar-refractivity contribution in [2.24, 2.45) is 0 Å². The van der Waals surface area contributed by atoms with Gasteiger partial charge < -0.3 is 9.64 Å². The number of hydrogen-bond donors (Lipinski definition) is 0. The molecule has 0 saturated carbocycles. The Labute approximate surface area is 186 Å². The van der Waals surface area contributed by atoms with Crippen LogP contribution in [0.15, 0.2) is 54.9 Å². The molecule has 3 aromatic rings. The van der Waals surface area contributed by atoms with E-state index in [2.05, 4.69) is 9.97 Å². The molecule has 6 nitrogen and oxygen atoms in total. The van der Waals surface area contributed by atoms with E-state index >= 15 is 0 Å². The first kappa shape index (κ1) is 22.4. The van der Waals surface area contributed by atoms with Crippen LogP contribution in [0.2, 0.25) is 5.02 Å². The maximum atomic E-state index is 12.5. The van der Waals surface area contributed by atoms with Crippen molar-refractivity contribution >= 4 is 29.0 Å². The topological polar surface area (TPSA) is 72.4 Å². The van der Waals surface area contributed by atoms with Gasteiger partial charge in [0, 0.05) is 55.2 Å². The van der Waals surface area contributed by atoms with Gasteiger partial charge in [0.25, 0.3) is 0 Å². The van der Waals surface area contributed by atoms with Crippen LogP contribution < -0.4 is 9.64 Å². The molecule has 1 aromatic carbocycles. The minimum Gasteiger partial charge on any atom is -0.481 e. The molecule has 0 aliphatic carbocycles. The minimum absolute atomic E-state index is 0.00947. The third-order valence-corrected chi connectivity index (χ3v) is 5.34. The van der Waals surface area contributed by atoms with Crippen LogP contribution in [-0.4, -0.2) is 35.8 Å². The molecule has 160 valence electrons. The number of anilines is 1. The number of nitrogens with zero attached hydrogens (tertiary/aromatic N) is 3. The highest BCUT2D eigenvalue weighted by molar-refractivity contribution is 6.33. The fraction of sp³-hybridized carbons (Fsp3) is 0.250. The molecule has 7 heteroatoms. The van der Waals surface area contributed by atoms with Crippen molar-refractivity contribution in [2.45, 2.75) is 26.2 Å². The van der Waals surface area contributed by atoms with Crippen LogP contribution in [0.5, 0.6) is 5.88 Å². The van der Waals surface area contributed by atoms with E-state index in [1.54, 1.807) is 55.7 Å². The highest BCUT2D eigenvalue weighted by Crippen LogP contribution is 2.30. The van der Waals surface area contributed by atoms with Gasteiger partial charge in [0.05, 0.1) is 17.8 Å². The van der Waals surface area contributed by atoms with Crippen molar-refractivity contribution in [2.75, 3.05) is 19.1 Å². The Morgan fingerprint density at radius 3 is 2.45 bits per heavy atom. The van der Waals surface area contributed by atoms with E-state index in [0.717, 1.165) is 16.8 Å². The number of carbonyl (C=O) groups is 2. The third-order valence-electron chi connectivity index (χ3n) is 5.03. The van der Waals surface area contributed by atoms with Gasteiger partial charge in [-0.15, -0.1) is 0 Å². The molecule has 1 amide bonds. The number of ether oxygens (including phenoxy) is 1. The summed E-state index contributed by atoms with van der Waals surface area (Å²) < 4.78 is 5.04. The normalized spacial score (nSPS) is 10.6. The lowest BCUT2D eigenvalue weighted by Crippen LogP contribution is -2.24. The van der Waals surface area contributed by atoms with E-state index < -0.39 is 0 Å². The number of aromatic nitrogens is 2. The molecule has 0 N–H and O–H groups in total. The number of Topliss-reactive ketones (excluding diaryl/α,β-unsaturated/α-hetero) is 1. The maximum Gasteiger partial charge on any atom is 0.226 e. The van der Waals surface area contributed by atoms with Gasteiger partial charge in [-0.3, -0.25) is 14.6 Å². The molecule has 0 aliphatic heterocycles. The molecule has 0 fully saturated rings. The van der Waals surface area contributed by atoms with Gasteiger partial charge in [-0.25, -0.2) is 4.98 Å². The summed E-state index contributed by atoms with van der Waals surface area (Å²) in [5.41, 5.74) is 3.65. The Hall–Kier alpha value is -3.25. The number of carbonyl (C=O) groups excluding carboxylic acids is 2. The number of benzene rings is 1. The summed E-state index contributed by atoms with van der Waals surface area (Å²) in [4.78, 5) is 34.5. The zero-order valence-corrected chi connectivity index (χ0v) is 18.5. The Balaban J connectivity index is 1.67. The summed E-state index contributed by atoms with van der Waals surface area (Å²) >= 11 is 6.44. The van der Waals surface area contributed by atoms with Crippen LogP contribution in [0.25, 0.3) is 11.3 Å². The predicted octanol–water partition coefficient (Wildman–Crippen LogP) is 4.99. The van der Waals surface area contributed by atoms with E-state index in [1.807, 2.05) is 25.1 Å². The molecule has 2 aromatic heterocycles. The summed E-state index contributed by atoms with van der Waals surface area (Å²) in [5, 5.41) is 0.492. The summed E-state index contributed by atoms with van der Waals surface area (Å²) in [5.74, 6) is 0.566. The first-order chi connectivity index (χ1) is 14.9. The van der Waals surface area contributed by atoms with Crippen LogP contribution in [0.1, 0.15) is 35.7 Å². The van der Waals surface area contributed by atoms with Crippen molar-refractivity contribution in [1.82, 2.24) is 9.97 Å². The molecular formula is C24H24ClN3O3. The second-order valence-electron chi connectivity index (χ2n) is 7.03. The van der Waals surface area contributed by atoms with Crippen molar-refractivity contribution in [3.05, 3.63) is 71.0 Å². The van der Waals surface area contributed by atoms with Crippen LogP contribution in [-0.2, 0) is 11.2 Å². The highest BCUT2D eigenvalue weighted by atomic mass is 35.5. The van der Waals surface area contributed by atoms with E-state index in [1.165, 1.54) is 0 Å². The molecule has 0 spiro atoms. The fourth-order valence-corrected chi connectivity index (χ4v) is 3.37. The summed E-state index contributed by atoms with van der Waals surface area (Å²) in [6, 6.07) is 12.6. The number of aryl methyl sites for hydroxylation is 1. The fourth-order valence-electron chi connectivity index (χ4n) is 3.10. The standard InChI is InChI=1S/C24H24ClN3O3/c1-4-24(30)28(2)18-8-9-19(20(25)13-18)21-10-7-17(15-26-21)22(29)11-5-16-6-12-23(31-3)27-14-16/h6-10,12-15H,4-5,11H2,1-3H3. The molecular weight excluding hydrogens is 414 g/mol. The number of pyridine rings is 2. The first-order valence-corrected chi connectivity index (χ1v) is 10.4. The Morgan fingerprint density at radius 1 is 1.06 bits per heavy atom. The van der Waals surface area contributed by atoms with Gasteiger partial charge in [-0.2, -0.15) is 0 Å². The van der Waals surface area contributed by atoms with Crippen LogP contribution in [0.3, 0.4) is 0 Å². The van der Waals surface area contributed by atoms with Crippen LogP contribution in [0, 0.1) is 0 Å². The SMILES string of the molecule is CCC(=O)N(C)c1ccc(-c2ccc(C(=O)CCc3ccc(OC)nc3)cn2)c(Cl)c1. The molecule has 2 heterocycles. The number of hydrogen-bond acceptors (Lipinski definition) is 5. The van der Waals surface area contributed by atoms with Crippen molar-refractivity contribution in [3.63, 3.8) is 0 Å². The number of ketones is 1. The minimum atomic E-state index is 0.00947. The van der Waals surface area contributed by atoms with Gasteiger partial charge in [0.1, 0.15) is 0 Å². The van der Waals surface area contributed by atoms with Gasteiger partial charge in [0.15, 0.2) is 5.78 Å². The van der Waals surface area contributed by atoms with Gasteiger partial charge >= 0.3 is 0 Å². The predicted molar refractivity (Wildman–Crippen MR) is 122 cm³/mol. The quantitative estimate of drug-likeness (QED) is 0.464. The number of methoxy groups -OCH3 is 1. The van der Waals surface area contributed by atoms with E-state index in [4.69, 9.17) is 16.3 Å². The average Bonchev–Trinajstić information content (AvgIpc) is 2.81. The largest absolute Gasteiger partial charge is 0.481 e. The lowest BCUT2D eigenvalue weighted by atomic mass is 10.0. The molecule has 0 unspecified atom stereocenters. The Kier molecular flexibility index (Phi) is 7.36. The number of rotatable bonds is 8. The Morgan fingerprint density at radius 2 is 1.87 bits per heavy atom. The van der Waals surface area contributed by atoms with Crippen molar-refractivity contribution in [1.29, 1.82) is 0 Å². The number of halogens is 1. The molecule has 3 rings (SSSR count). The third kappa shape index (κ3) is 5.47. The second kappa shape index (κ2) is 10.2. The summed E-state index contributed by atoms with van der Waals surface area (Å²) in [6.45, 7) is 1.81. The molecule has 0 radical (unpaired) electrons. The average molecular weight is 438 g/mol. The van der Waals surface area contributed by atoms with Crippen molar-refractivity contribution in [3.8, 4) is 17.1 Å². The van der Waals surface area contributed by atoms with E-state index in [9.17, 15) is 9.59 Å². The number of amides is 1. The monoisotopic (exact) mass is 437 g/mol. The highest BCUT2D eigenvalue weighted by Gasteiger charge is 2.13. The molecule has 0 saturated heterocycles. The zero-order chi connectivity index (χ0) is 22.4.